The van der Waals surface area contributed by atoms with E-state index in [4.69, 9.17) is 4.74 Å². The zero-order chi connectivity index (χ0) is 22.9. The molecule has 0 saturated heterocycles. The Kier molecular flexibility index (Phi) is 6.03. The van der Waals surface area contributed by atoms with Crippen LogP contribution in [-0.4, -0.2) is 31.0 Å². The van der Waals surface area contributed by atoms with Gasteiger partial charge in [-0.3, -0.25) is 4.79 Å². The Morgan fingerprint density at radius 1 is 0.969 bits per heavy atom. The maximum Gasteiger partial charge on any atom is 0.288 e. The molecule has 0 radical (unpaired) electrons. The third-order valence-corrected chi connectivity index (χ3v) is 7.25. The smallest absolute Gasteiger partial charge is 0.288 e. The molecule has 0 amide bonds. The maximum atomic E-state index is 13.5. The van der Waals surface area contributed by atoms with Gasteiger partial charge in [0.05, 0.1) is 17.5 Å². The van der Waals surface area contributed by atoms with Crippen molar-refractivity contribution in [3.8, 4) is 5.75 Å². The van der Waals surface area contributed by atoms with Crippen molar-refractivity contribution in [3.63, 3.8) is 0 Å². The minimum absolute atomic E-state index is 0.0179. The van der Waals surface area contributed by atoms with Crippen LogP contribution in [0.15, 0.2) is 88.7 Å². The number of hydrogen-bond acceptors (Lipinski definition) is 5. The highest BCUT2D eigenvalue weighted by Crippen LogP contribution is 2.31. The summed E-state index contributed by atoms with van der Waals surface area (Å²) in [6.45, 7) is 0. The summed E-state index contributed by atoms with van der Waals surface area (Å²) in [7, 11) is -2.64. The summed E-state index contributed by atoms with van der Waals surface area (Å²) in [5.41, 5.74) is 0.308. The van der Waals surface area contributed by atoms with Gasteiger partial charge in [-0.05, 0) is 48.5 Å². The van der Waals surface area contributed by atoms with E-state index in [9.17, 15) is 22.0 Å². The molecule has 0 atom stereocenters. The lowest BCUT2D eigenvalue weighted by Crippen LogP contribution is -2.19. The molecule has 5 nitrogen and oxygen atoms in total. The summed E-state index contributed by atoms with van der Waals surface area (Å²) in [6, 6.07) is 19.8. The first-order valence-electron chi connectivity index (χ1n) is 9.41. The largest absolute Gasteiger partial charge is 0.497 e. The van der Waals surface area contributed by atoms with E-state index >= 15 is 0 Å². The van der Waals surface area contributed by atoms with E-state index in [0.29, 0.717) is 28.4 Å². The molecule has 0 N–H and O–H groups in total. The number of rotatable bonds is 7. The molecule has 3 aromatic carbocycles. The second-order valence-corrected chi connectivity index (χ2v) is 9.62. The number of aromatic nitrogens is 1. The number of alkyl halides is 2. The Hall–Kier alpha value is -3.17. The van der Waals surface area contributed by atoms with Gasteiger partial charge in [0.15, 0.2) is 0 Å². The molecule has 1 heterocycles. The second kappa shape index (κ2) is 8.76. The molecule has 0 spiro atoms. The topological polar surface area (TPSA) is 65.4 Å². The number of fused-ring (bicyclic) bond motifs is 1. The minimum Gasteiger partial charge on any atom is -0.497 e. The Morgan fingerprint density at radius 2 is 1.72 bits per heavy atom. The quantitative estimate of drug-likeness (QED) is 0.264. The van der Waals surface area contributed by atoms with Crippen LogP contribution < -0.4 is 4.74 Å². The average Bonchev–Trinajstić information content (AvgIpc) is 3.18. The van der Waals surface area contributed by atoms with Crippen LogP contribution in [-0.2, 0) is 10.0 Å². The van der Waals surface area contributed by atoms with Gasteiger partial charge in [-0.25, -0.2) is 12.4 Å². The Balaban J connectivity index is 1.93. The SMILES string of the molecule is COc1ccc2c(c1)cc(C(=O)c1cccc(SC(F)F)c1)n2S(=O)(=O)c1ccccc1. The number of ether oxygens (including phenoxy) is 1. The summed E-state index contributed by atoms with van der Waals surface area (Å²) in [6.07, 6.45) is 0. The highest BCUT2D eigenvalue weighted by molar-refractivity contribution is 7.99. The van der Waals surface area contributed by atoms with Gasteiger partial charge >= 0.3 is 0 Å². The number of hydrogen-bond donors (Lipinski definition) is 0. The summed E-state index contributed by atoms with van der Waals surface area (Å²) < 4.78 is 58.8. The van der Waals surface area contributed by atoms with Crippen molar-refractivity contribution in [1.82, 2.24) is 3.97 Å². The Bertz CT molecular complexity index is 1400. The zero-order valence-corrected chi connectivity index (χ0v) is 18.4. The number of carbonyl (C=O) groups is 1. The third kappa shape index (κ3) is 4.13. The monoisotopic (exact) mass is 473 g/mol. The van der Waals surface area contributed by atoms with Crippen molar-refractivity contribution >= 4 is 38.5 Å². The second-order valence-electron chi connectivity index (χ2n) is 6.77. The molecule has 0 aliphatic heterocycles. The minimum atomic E-state index is -4.12. The summed E-state index contributed by atoms with van der Waals surface area (Å²) in [5, 5.41) is 0.491. The van der Waals surface area contributed by atoms with Gasteiger partial charge in [-0.2, -0.15) is 8.78 Å². The van der Waals surface area contributed by atoms with Crippen LogP contribution in [0.3, 0.4) is 0 Å². The Morgan fingerprint density at radius 3 is 2.41 bits per heavy atom. The lowest BCUT2D eigenvalue weighted by atomic mass is 10.1. The number of ketones is 1. The van der Waals surface area contributed by atoms with Gasteiger partial charge in [0.2, 0.25) is 5.78 Å². The van der Waals surface area contributed by atoms with Crippen LogP contribution in [0.25, 0.3) is 10.9 Å². The van der Waals surface area contributed by atoms with Crippen LogP contribution in [0, 0.1) is 0 Å². The van der Waals surface area contributed by atoms with Crippen LogP contribution >= 0.6 is 11.8 Å². The van der Waals surface area contributed by atoms with Crippen LogP contribution in [0.4, 0.5) is 8.78 Å². The molecule has 9 heteroatoms. The van der Waals surface area contributed by atoms with E-state index in [-0.39, 0.29) is 21.0 Å². The van der Waals surface area contributed by atoms with Crippen LogP contribution in [0.2, 0.25) is 0 Å². The van der Waals surface area contributed by atoms with Gasteiger partial charge in [-0.15, -0.1) is 0 Å². The van der Waals surface area contributed by atoms with Crippen molar-refractivity contribution in [1.29, 1.82) is 0 Å². The van der Waals surface area contributed by atoms with Crippen molar-refractivity contribution in [2.24, 2.45) is 0 Å². The lowest BCUT2D eigenvalue weighted by molar-refractivity contribution is 0.103. The molecule has 4 rings (SSSR count). The first kappa shape index (κ1) is 22.0. The van der Waals surface area contributed by atoms with E-state index in [1.54, 1.807) is 36.4 Å². The number of nitrogens with zero attached hydrogens (tertiary/aromatic N) is 1. The molecule has 0 aliphatic carbocycles. The fourth-order valence-electron chi connectivity index (χ4n) is 3.37. The van der Waals surface area contributed by atoms with Crippen LogP contribution in [0.1, 0.15) is 16.1 Å². The fraction of sp³-hybridized carbons (Fsp3) is 0.0870. The molecule has 0 unspecified atom stereocenters. The number of benzene rings is 3. The molecule has 4 aromatic rings. The molecule has 1 aromatic heterocycles. The number of halogens is 2. The van der Waals surface area contributed by atoms with E-state index < -0.39 is 21.6 Å². The van der Waals surface area contributed by atoms with E-state index in [0.717, 1.165) is 3.97 Å². The number of carbonyl (C=O) groups excluding carboxylic acids is 1. The summed E-state index contributed by atoms with van der Waals surface area (Å²) in [4.78, 5) is 13.6. The standard InChI is InChI=1S/C23H17F2NO4S2/c1-30-17-10-11-20-16(12-17)14-21(26(20)32(28,29)19-8-3-2-4-9-19)22(27)15-6-5-7-18(13-15)31-23(24)25/h2-14,23H,1H3. The van der Waals surface area contributed by atoms with Gasteiger partial charge in [-0.1, -0.05) is 42.1 Å². The maximum absolute atomic E-state index is 13.5. The van der Waals surface area contributed by atoms with Crippen molar-refractivity contribution < 1.29 is 26.7 Å². The number of methoxy groups -OCH3 is 1. The third-order valence-electron chi connectivity index (χ3n) is 4.80. The van der Waals surface area contributed by atoms with E-state index in [1.165, 1.54) is 49.6 Å². The predicted octanol–water partition coefficient (Wildman–Crippen LogP) is 5.43. The van der Waals surface area contributed by atoms with Gasteiger partial charge in [0.25, 0.3) is 15.8 Å². The average molecular weight is 474 g/mol. The summed E-state index contributed by atoms with van der Waals surface area (Å²) >= 11 is 0.315. The fourth-order valence-corrected chi connectivity index (χ4v) is 5.46. The molecule has 164 valence electrons. The number of thioether (sulfide) groups is 1. The van der Waals surface area contributed by atoms with Gasteiger partial charge in [0.1, 0.15) is 11.4 Å². The van der Waals surface area contributed by atoms with Crippen LogP contribution in [0.5, 0.6) is 5.75 Å². The van der Waals surface area contributed by atoms with Crippen molar-refractivity contribution in [2.75, 3.05) is 7.11 Å². The molecule has 0 saturated carbocycles. The van der Waals surface area contributed by atoms with Crippen molar-refractivity contribution in [3.05, 3.63) is 90.1 Å². The lowest BCUT2D eigenvalue weighted by Gasteiger charge is -2.12. The van der Waals surface area contributed by atoms with E-state index in [2.05, 4.69) is 0 Å². The molecule has 32 heavy (non-hydrogen) atoms. The first-order valence-corrected chi connectivity index (χ1v) is 11.7. The van der Waals surface area contributed by atoms with Gasteiger partial charge < -0.3 is 4.74 Å². The van der Waals surface area contributed by atoms with E-state index in [1.807, 2.05) is 0 Å². The molecule has 0 fully saturated rings. The molecular formula is C23H17F2NO4S2. The predicted molar refractivity (Wildman–Crippen MR) is 119 cm³/mol. The highest BCUT2D eigenvalue weighted by atomic mass is 32.2. The molecule has 0 bridgehead atoms. The summed E-state index contributed by atoms with van der Waals surface area (Å²) in [5.74, 6) is -2.74. The highest BCUT2D eigenvalue weighted by Gasteiger charge is 2.27. The van der Waals surface area contributed by atoms with Gasteiger partial charge in [0, 0.05) is 15.8 Å². The molecule has 0 aliphatic rings. The zero-order valence-electron chi connectivity index (χ0n) is 16.7. The Labute approximate surface area is 187 Å². The first-order chi connectivity index (χ1) is 15.3. The normalized spacial score (nSPS) is 11.8. The molecular weight excluding hydrogens is 456 g/mol. The van der Waals surface area contributed by atoms with Crippen molar-refractivity contribution in [2.45, 2.75) is 15.5 Å².